The van der Waals surface area contributed by atoms with Crippen molar-refractivity contribution < 1.29 is 13.2 Å². The Morgan fingerprint density at radius 3 is 2.52 bits per heavy atom. The highest BCUT2D eigenvalue weighted by atomic mass is 32.2. The third kappa shape index (κ3) is 5.58. The Balaban J connectivity index is 1.56. The van der Waals surface area contributed by atoms with E-state index in [1.807, 2.05) is 6.92 Å². The second-order valence-electron chi connectivity index (χ2n) is 8.48. The molecule has 6 nitrogen and oxygen atoms in total. The predicted molar refractivity (Wildman–Crippen MR) is 115 cm³/mol. The van der Waals surface area contributed by atoms with Gasteiger partial charge in [-0.1, -0.05) is 18.9 Å². The van der Waals surface area contributed by atoms with E-state index >= 15 is 0 Å². The SMILES string of the molecule is CC1CCCCN1CCCNC(=O)c1cccc(S(=O)(=O)N2CCCCC2C)c1. The molecule has 3 rings (SSSR count). The number of hydrogen-bond acceptors (Lipinski definition) is 4. The number of nitrogens with one attached hydrogen (secondary N) is 1. The number of amides is 1. The number of likely N-dealkylation sites (tertiary alicyclic amines) is 1. The van der Waals surface area contributed by atoms with Crippen LogP contribution >= 0.6 is 0 Å². The van der Waals surface area contributed by atoms with Gasteiger partial charge in [0.2, 0.25) is 10.0 Å². The summed E-state index contributed by atoms with van der Waals surface area (Å²) in [4.78, 5) is 15.2. The van der Waals surface area contributed by atoms with E-state index in [1.54, 1.807) is 22.5 Å². The Hall–Kier alpha value is -1.44. The van der Waals surface area contributed by atoms with Crippen LogP contribution in [0.1, 0.15) is 69.2 Å². The van der Waals surface area contributed by atoms with Gasteiger partial charge >= 0.3 is 0 Å². The van der Waals surface area contributed by atoms with Gasteiger partial charge in [-0.15, -0.1) is 0 Å². The van der Waals surface area contributed by atoms with Crippen LogP contribution in [-0.4, -0.2) is 61.8 Å². The molecule has 2 aliphatic rings. The van der Waals surface area contributed by atoms with E-state index in [0.717, 1.165) is 38.8 Å². The summed E-state index contributed by atoms with van der Waals surface area (Å²) >= 11 is 0. The van der Waals surface area contributed by atoms with Crippen LogP contribution in [0.25, 0.3) is 0 Å². The van der Waals surface area contributed by atoms with Crippen molar-refractivity contribution in [1.82, 2.24) is 14.5 Å². The lowest BCUT2D eigenvalue weighted by Gasteiger charge is -2.33. The van der Waals surface area contributed by atoms with Gasteiger partial charge in [-0.05, 0) is 70.7 Å². The van der Waals surface area contributed by atoms with Crippen molar-refractivity contribution in [2.75, 3.05) is 26.2 Å². The van der Waals surface area contributed by atoms with Crippen LogP contribution in [0, 0.1) is 0 Å². The molecule has 2 unspecified atom stereocenters. The lowest BCUT2D eigenvalue weighted by molar-refractivity contribution is 0.0948. The van der Waals surface area contributed by atoms with Crippen molar-refractivity contribution in [1.29, 1.82) is 0 Å². The molecule has 162 valence electrons. The van der Waals surface area contributed by atoms with E-state index in [4.69, 9.17) is 0 Å². The summed E-state index contributed by atoms with van der Waals surface area (Å²) in [6.07, 6.45) is 7.56. The van der Waals surface area contributed by atoms with Crippen molar-refractivity contribution >= 4 is 15.9 Å². The average molecular weight is 422 g/mol. The molecule has 0 aromatic heterocycles. The molecular weight excluding hydrogens is 386 g/mol. The Morgan fingerprint density at radius 2 is 1.79 bits per heavy atom. The highest BCUT2D eigenvalue weighted by molar-refractivity contribution is 7.89. The molecule has 0 bridgehead atoms. The topological polar surface area (TPSA) is 69.7 Å². The normalized spacial score (nSPS) is 24.3. The maximum absolute atomic E-state index is 13.0. The van der Waals surface area contributed by atoms with E-state index in [9.17, 15) is 13.2 Å². The molecule has 2 heterocycles. The molecule has 2 aliphatic heterocycles. The molecule has 0 spiro atoms. The average Bonchev–Trinajstić information content (AvgIpc) is 2.72. The number of piperidine rings is 2. The van der Waals surface area contributed by atoms with Gasteiger partial charge in [0.05, 0.1) is 4.90 Å². The summed E-state index contributed by atoms with van der Waals surface area (Å²) in [6.45, 7) is 7.51. The number of hydrogen-bond donors (Lipinski definition) is 1. The number of benzene rings is 1. The van der Waals surface area contributed by atoms with Crippen LogP contribution < -0.4 is 5.32 Å². The van der Waals surface area contributed by atoms with Crippen LogP contribution in [0.15, 0.2) is 29.2 Å². The van der Waals surface area contributed by atoms with Gasteiger partial charge in [0.15, 0.2) is 0 Å². The summed E-state index contributed by atoms with van der Waals surface area (Å²) < 4.78 is 27.6. The Labute approximate surface area is 175 Å². The van der Waals surface area contributed by atoms with Gasteiger partial charge in [-0.2, -0.15) is 4.31 Å². The molecule has 1 N–H and O–H groups in total. The second kappa shape index (κ2) is 10.0. The third-order valence-electron chi connectivity index (χ3n) is 6.29. The van der Waals surface area contributed by atoms with E-state index in [0.29, 0.717) is 24.7 Å². The lowest BCUT2D eigenvalue weighted by atomic mass is 10.0. The first kappa shape index (κ1) is 22.2. The van der Waals surface area contributed by atoms with Gasteiger partial charge in [-0.25, -0.2) is 8.42 Å². The van der Waals surface area contributed by atoms with Crippen molar-refractivity contribution in [3.63, 3.8) is 0 Å². The molecule has 0 saturated carbocycles. The lowest BCUT2D eigenvalue weighted by Crippen LogP contribution is -2.42. The Kier molecular flexibility index (Phi) is 7.71. The van der Waals surface area contributed by atoms with Crippen LogP contribution in [0.2, 0.25) is 0 Å². The number of carbonyl (C=O) groups excluding carboxylic acids is 1. The fourth-order valence-corrected chi connectivity index (χ4v) is 6.18. The maximum atomic E-state index is 13.0. The zero-order valence-corrected chi connectivity index (χ0v) is 18.6. The zero-order chi connectivity index (χ0) is 20.9. The molecule has 0 radical (unpaired) electrons. The first-order chi connectivity index (χ1) is 13.9. The maximum Gasteiger partial charge on any atom is 0.251 e. The van der Waals surface area contributed by atoms with Gasteiger partial charge in [0.25, 0.3) is 5.91 Å². The van der Waals surface area contributed by atoms with Crippen LogP contribution in [0.3, 0.4) is 0 Å². The van der Waals surface area contributed by atoms with Crippen LogP contribution in [0.4, 0.5) is 0 Å². The molecule has 2 atom stereocenters. The largest absolute Gasteiger partial charge is 0.352 e. The molecule has 2 fully saturated rings. The smallest absolute Gasteiger partial charge is 0.251 e. The number of nitrogens with zero attached hydrogens (tertiary/aromatic N) is 2. The van der Waals surface area contributed by atoms with Crippen LogP contribution in [-0.2, 0) is 10.0 Å². The molecule has 29 heavy (non-hydrogen) atoms. The molecule has 7 heteroatoms. The summed E-state index contributed by atoms with van der Waals surface area (Å²) in [5.74, 6) is -0.208. The van der Waals surface area contributed by atoms with E-state index in [1.165, 1.54) is 25.3 Å². The van der Waals surface area contributed by atoms with Gasteiger partial charge in [-0.3, -0.25) is 4.79 Å². The summed E-state index contributed by atoms with van der Waals surface area (Å²) in [5, 5.41) is 2.95. The van der Waals surface area contributed by atoms with Crippen molar-refractivity contribution in [3.05, 3.63) is 29.8 Å². The van der Waals surface area contributed by atoms with Gasteiger partial charge in [0, 0.05) is 37.3 Å². The molecule has 2 saturated heterocycles. The summed E-state index contributed by atoms with van der Waals surface area (Å²) in [7, 11) is -3.57. The second-order valence-corrected chi connectivity index (χ2v) is 10.4. The van der Waals surface area contributed by atoms with E-state index < -0.39 is 10.0 Å². The Morgan fingerprint density at radius 1 is 1.07 bits per heavy atom. The number of sulfonamides is 1. The molecule has 1 amide bonds. The predicted octanol–water partition coefficient (Wildman–Crippen LogP) is 3.24. The molecule has 0 aliphatic carbocycles. The molecule has 1 aromatic rings. The van der Waals surface area contributed by atoms with E-state index in [2.05, 4.69) is 17.1 Å². The first-order valence-electron chi connectivity index (χ1n) is 11.0. The minimum Gasteiger partial charge on any atom is -0.352 e. The minimum absolute atomic E-state index is 0.00316. The fourth-order valence-electron chi connectivity index (χ4n) is 4.44. The first-order valence-corrected chi connectivity index (χ1v) is 12.5. The highest BCUT2D eigenvalue weighted by Crippen LogP contribution is 2.25. The monoisotopic (exact) mass is 421 g/mol. The standard InChI is InChI=1S/C22H35N3O3S/c1-18-9-3-5-14-24(18)15-8-13-23-22(26)20-11-7-12-21(17-20)29(27,28)25-16-6-4-10-19(25)2/h7,11-12,17-19H,3-6,8-10,13-16H2,1-2H3,(H,23,26). The van der Waals surface area contributed by atoms with Crippen molar-refractivity contribution in [3.8, 4) is 0 Å². The summed E-state index contributed by atoms with van der Waals surface area (Å²) in [6, 6.07) is 7.07. The van der Waals surface area contributed by atoms with Crippen molar-refractivity contribution in [2.24, 2.45) is 0 Å². The fraction of sp³-hybridized carbons (Fsp3) is 0.682. The minimum atomic E-state index is -3.57. The number of rotatable bonds is 7. The van der Waals surface area contributed by atoms with Gasteiger partial charge in [0.1, 0.15) is 0 Å². The Bertz CT molecular complexity index is 796. The molecule has 1 aromatic carbocycles. The highest BCUT2D eigenvalue weighted by Gasteiger charge is 2.31. The summed E-state index contributed by atoms with van der Waals surface area (Å²) in [5.41, 5.74) is 0.405. The quantitative estimate of drug-likeness (QED) is 0.686. The third-order valence-corrected chi connectivity index (χ3v) is 8.30. The number of carbonyl (C=O) groups is 1. The van der Waals surface area contributed by atoms with Crippen molar-refractivity contribution in [2.45, 2.75) is 75.8 Å². The zero-order valence-electron chi connectivity index (χ0n) is 17.8. The van der Waals surface area contributed by atoms with E-state index in [-0.39, 0.29) is 16.8 Å². The van der Waals surface area contributed by atoms with Gasteiger partial charge < -0.3 is 10.2 Å². The van der Waals surface area contributed by atoms with Crippen LogP contribution in [0.5, 0.6) is 0 Å². The molecular formula is C22H35N3O3S.